The molecule has 2 fully saturated rings. The molecule has 1 unspecified atom stereocenters. The second-order valence-corrected chi connectivity index (χ2v) is 7.40. The molecule has 3 nitrogen and oxygen atoms in total. The largest absolute Gasteiger partial charge is 0.508 e. The summed E-state index contributed by atoms with van der Waals surface area (Å²) in [5, 5.41) is 9.26. The number of carbonyl (C=O) groups is 1. The van der Waals surface area contributed by atoms with E-state index in [0.29, 0.717) is 16.9 Å². The fourth-order valence-corrected chi connectivity index (χ4v) is 4.27. The van der Waals surface area contributed by atoms with Gasteiger partial charge in [-0.05, 0) is 54.9 Å². The van der Waals surface area contributed by atoms with Crippen LogP contribution in [-0.4, -0.2) is 17.2 Å². The molecule has 20 heavy (non-hydrogen) atoms. The molecule has 2 aliphatic carbocycles. The fraction of sp³-hybridized carbons (Fsp3) is 0.588. The molecule has 1 aromatic rings. The normalized spacial score (nSPS) is 34.1. The van der Waals surface area contributed by atoms with E-state index in [0.717, 1.165) is 19.3 Å². The highest BCUT2D eigenvalue weighted by atomic mass is 16.5. The fourth-order valence-electron chi connectivity index (χ4n) is 4.27. The van der Waals surface area contributed by atoms with E-state index in [-0.39, 0.29) is 23.2 Å². The van der Waals surface area contributed by atoms with Gasteiger partial charge < -0.3 is 9.84 Å². The molecule has 108 valence electrons. The van der Waals surface area contributed by atoms with Crippen molar-refractivity contribution in [1.82, 2.24) is 0 Å². The number of benzene rings is 1. The Morgan fingerprint density at radius 1 is 1.25 bits per heavy atom. The third-order valence-corrected chi connectivity index (χ3v) is 5.31. The Morgan fingerprint density at radius 3 is 2.40 bits per heavy atom. The van der Waals surface area contributed by atoms with Crippen molar-refractivity contribution in [3.8, 4) is 5.75 Å². The molecule has 3 rings (SSSR count). The molecule has 0 saturated heterocycles. The van der Waals surface area contributed by atoms with Gasteiger partial charge in [0.15, 0.2) is 0 Å². The molecule has 3 atom stereocenters. The van der Waals surface area contributed by atoms with Gasteiger partial charge in [0.1, 0.15) is 11.9 Å². The number of fused-ring (bicyclic) bond motifs is 2. The molecule has 2 saturated carbocycles. The van der Waals surface area contributed by atoms with Crippen molar-refractivity contribution in [2.24, 2.45) is 16.7 Å². The van der Waals surface area contributed by atoms with E-state index >= 15 is 0 Å². The lowest BCUT2D eigenvalue weighted by Crippen LogP contribution is -2.37. The Morgan fingerprint density at radius 2 is 1.90 bits per heavy atom. The van der Waals surface area contributed by atoms with Gasteiger partial charge in [0.25, 0.3) is 0 Å². The average Bonchev–Trinajstić information content (AvgIpc) is 2.78. The Labute approximate surface area is 120 Å². The lowest BCUT2D eigenvalue weighted by Gasteiger charge is -2.38. The predicted molar refractivity (Wildman–Crippen MR) is 76.5 cm³/mol. The van der Waals surface area contributed by atoms with Gasteiger partial charge in [-0.2, -0.15) is 0 Å². The summed E-state index contributed by atoms with van der Waals surface area (Å²) in [6.45, 7) is 6.89. The molecule has 0 aliphatic heterocycles. The number of ether oxygens (including phenoxy) is 1. The van der Waals surface area contributed by atoms with E-state index in [9.17, 15) is 9.90 Å². The number of hydrogen-bond acceptors (Lipinski definition) is 3. The van der Waals surface area contributed by atoms with Crippen LogP contribution in [-0.2, 0) is 4.74 Å². The van der Waals surface area contributed by atoms with Crippen molar-refractivity contribution in [3.63, 3.8) is 0 Å². The summed E-state index contributed by atoms with van der Waals surface area (Å²) in [6.07, 6.45) is 3.29. The maximum Gasteiger partial charge on any atom is 0.338 e. The number of phenolic OH excluding ortho intramolecular Hbond substituents is 1. The number of phenols is 1. The van der Waals surface area contributed by atoms with E-state index in [2.05, 4.69) is 20.8 Å². The Bertz CT molecular complexity index is 532. The summed E-state index contributed by atoms with van der Waals surface area (Å²) >= 11 is 0. The minimum atomic E-state index is -0.276. The van der Waals surface area contributed by atoms with Crippen molar-refractivity contribution in [1.29, 1.82) is 0 Å². The minimum absolute atomic E-state index is 0.0295. The van der Waals surface area contributed by atoms with E-state index in [4.69, 9.17) is 4.74 Å². The zero-order chi connectivity index (χ0) is 14.5. The number of aromatic hydroxyl groups is 1. The van der Waals surface area contributed by atoms with Gasteiger partial charge in [0.2, 0.25) is 0 Å². The van der Waals surface area contributed by atoms with Crippen LogP contribution in [0.2, 0.25) is 0 Å². The van der Waals surface area contributed by atoms with E-state index in [1.165, 1.54) is 12.1 Å². The highest BCUT2D eigenvalue weighted by Crippen LogP contribution is 2.63. The van der Waals surface area contributed by atoms with Crippen LogP contribution < -0.4 is 0 Å². The lowest BCUT2D eigenvalue weighted by molar-refractivity contribution is -0.0221. The van der Waals surface area contributed by atoms with Crippen molar-refractivity contribution < 1.29 is 14.6 Å². The summed E-state index contributed by atoms with van der Waals surface area (Å²) in [7, 11) is 0. The predicted octanol–water partition coefficient (Wildman–Crippen LogP) is 3.76. The number of esters is 1. The van der Waals surface area contributed by atoms with Crippen LogP contribution in [0.5, 0.6) is 5.75 Å². The number of carbonyl (C=O) groups excluding carboxylic acids is 1. The smallest absolute Gasteiger partial charge is 0.338 e. The van der Waals surface area contributed by atoms with Crippen molar-refractivity contribution >= 4 is 5.97 Å². The maximum absolute atomic E-state index is 12.2. The average molecular weight is 274 g/mol. The highest BCUT2D eigenvalue weighted by Gasteiger charge is 2.58. The first-order valence-electron chi connectivity index (χ1n) is 7.30. The molecule has 1 aromatic carbocycles. The van der Waals surface area contributed by atoms with Crippen LogP contribution in [0.1, 0.15) is 50.4 Å². The molecule has 2 aliphatic rings. The third-order valence-electron chi connectivity index (χ3n) is 5.31. The Hall–Kier alpha value is -1.51. The second-order valence-electron chi connectivity index (χ2n) is 7.40. The van der Waals surface area contributed by atoms with E-state index < -0.39 is 0 Å². The summed E-state index contributed by atoms with van der Waals surface area (Å²) < 4.78 is 5.75. The SMILES string of the molecule is CC1(C)C[C@@]2(C)C[C@@H]1CC2OC(=O)c1ccc(O)cc1. The van der Waals surface area contributed by atoms with Gasteiger partial charge in [-0.3, -0.25) is 0 Å². The second kappa shape index (κ2) is 4.24. The number of rotatable bonds is 2. The Balaban J connectivity index is 1.71. The molecular weight excluding hydrogens is 252 g/mol. The first kappa shape index (κ1) is 13.5. The molecule has 1 N–H and O–H groups in total. The summed E-state index contributed by atoms with van der Waals surface area (Å²) in [5.74, 6) is 0.543. The summed E-state index contributed by atoms with van der Waals surface area (Å²) in [5.41, 5.74) is 1.00. The number of hydrogen-bond donors (Lipinski definition) is 1. The topological polar surface area (TPSA) is 46.5 Å². The summed E-state index contributed by atoms with van der Waals surface area (Å²) in [6, 6.07) is 6.25. The van der Waals surface area contributed by atoms with E-state index in [1.54, 1.807) is 12.1 Å². The zero-order valence-electron chi connectivity index (χ0n) is 12.3. The van der Waals surface area contributed by atoms with Gasteiger partial charge in [-0.15, -0.1) is 0 Å². The zero-order valence-corrected chi connectivity index (χ0v) is 12.3. The van der Waals surface area contributed by atoms with Gasteiger partial charge in [0.05, 0.1) is 5.56 Å². The first-order valence-corrected chi connectivity index (χ1v) is 7.30. The highest BCUT2D eigenvalue weighted by molar-refractivity contribution is 5.89. The van der Waals surface area contributed by atoms with Crippen LogP contribution in [0, 0.1) is 16.7 Å². The lowest BCUT2D eigenvalue weighted by atomic mass is 9.71. The summed E-state index contributed by atoms with van der Waals surface area (Å²) in [4.78, 5) is 12.2. The third kappa shape index (κ3) is 2.09. The van der Waals surface area contributed by atoms with Crippen LogP contribution in [0.25, 0.3) is 0 Å². The van der Waals surface area contributed by atoms with Gasteiger partial charge in [0, 0.05) is 5.41 Å². The molecule has 2 bridgehead atoms. The van der Waals surface area contributed by atoms with E-state index in [1.807, 2.05) is 0 Å². The van der Waals surface area contributed by atoms with Crippen LogP contribution in [0.4, 0.5) is 0 Å². The molecule has 0 aromatic heterocycles. The minimum Gasteiger partial charge on any atom is -0.508 e. The molecule has 0 heterocycles. The Kier molecular flexibility index (Phi) is 2.86. The maximum atomic E-state index is 12.2. The van der Waals surface area contributed by atoms with Crippen molar-refractivity contribution in [3.05, 3.63) is 29.8 Å². The molecular formula is C17H22O3. The molecule has 0 spiro atoms. The van der Waals surface area contributed by atoms with Crippen LogP contribution in [0.15, 0.2) is 24.3 Å². The van der Waals surface area contributed by atoms with Gasteiger partial charge in [-0.1, -0.05) is 20.8 Å². The quantitative estimate of drug-likeness (QED) is 0.835. The van der Waals surface area contributed by atoms with Crippen LogP contribution in [0.3, 0.4) is 0 Å². The van der Waals surface area contributed by atoms with Crippen LogP contribution >= 0.6 is 0 Å². The van der Waals surface area contributed by atoms with Gasteiger partial charge in [-0.25, -0.2) is 4.79 Å². The molecule has 3 heteroatoms. The first-order chi connectivity index (χ1) is 9.30. The van der Waals surface area contributed by atoms with Crippen molar-refractivity contribution in [2.75, 3.05) is 0 Å². The monoisotopic (exact) mass is 274 g/mol. The van der Waals surface area contributed by atoms with Gasteiger partial charge >= 0.3 is 5.97 Å². The van der Waals surface area contributed by atoms with Crippen molar-refractivity contribution in [2.45, 2.75) is 46.1 Å². The molecule has 0 radical (unpaired) electrons. The standard InChI is InChI=1S/C17H22O3/c1-16(2)10-17(3)9-12(16)8-14(17)20-15(19)11-4-6-13(18)7-5-11/h4-7,12,14,18H,8-10H2,1-3H3/t12-,14?,17+/m0/s1. The molecule has 0 amide bonds.